The first-order valence-corrected chi connectivity index (χ1v) is 7.15. The van der Waals surface area contributed by atoms with Gasteiger partial charge in [-0.3, -0.25) is 0 Å². The van der Waals surface area contributed by atoms with Gasteiger partial charge in [-0.1, -0.05) is 25.4 Å². The van der Waals surface area contributed by atoms with Crippen molar-refractivity contribution in [2.24, 2.45) is 0 Å². The van der Waals surface area contributed by atoms with Crippen LogP contribution in [0.3, 0.4) is 0 Å². The van der Waals surface area contributed by atoms with Gasteiger partial charge in [0.25, 0.3) is 0 Å². The fourth-order valence-electron chi connectivity index (χ4n) is 1.80. The molecule has 1 heterocycles. The second-order valence-corrected chi connectivity index (χ2v) is 5.59. The Morgan fingerprint density at radius 3 is 2.71 bits per heavy atom. The van der Waals surface area contributed by atoms with E-state index in [-0.39, 0.29) is 5.02 Å². The third-order valence-electron chi connectivity index (χ3n) is 2.91. The third-order valence-corrected chi connectivity index (χ3v) is 3.21. The third kappa shape index (κ3) is 4.41. The molecule has 2 aromatic rings. The summed E-state index contributed by atoms with van der Waals surface area (Å²) in [6.07, 6.45) is 1.75. The zero-order valence-corrected chi connectivity index (χ0v) is 13.0. The molecular formula is C16H18ClFN2O. The lowest BCUT2D eigenvalue weighted by atomic mass is 10.2. The Kier molecular flexibility index (Phi) is 5.15. The molecule has 1 aromatic heterocycles. The SMILES string of the molecule is Cc1cc(CNC(C)C)cnc1Oc1ccc(Cl)c(F)c1. The number of halogens is 2. The number of rotatable bonds is 5. The monoisotopic (exact) mass is 308 g/mol. The first-order chi connectivity index (χ1) is 9.95. The minimum absolute atomic E-state index is 0.0714. The molecule has 0 aliphatic heterocycles. The van der Waals surface area contributed by atoms with Gasteiger partial charge in [-0.15, -0.1) is 0 Å². The number of hydrogen-bond acceptors (Lipinski definition) is 3. The van der Waals surface area contributed by atoms with Crippen LogP contribution >= 0.6 is 11.6 Å². The van der Waals surface area contributed by atoms with Gasteiger partial charge < -0.3 is 10.1 Å². The second-order valence-electron chi connectivity index (χ2n) is 5.18. The highest BCUT2D eigenvalue weighted by Crippen LogP contribution is 2.26. The number of benzene rings is 1. The molecule has 0 atom stereocenters. The Bertz CT molecular complexity index is 632. The number of aryl methyl sites for hydroxylation is 1. The van der Waals surface area contributed by atoms with Crippen LogP contribution < -0.4 is 10.1 Å². The highest BCUT2D eigenvalue weighted by Gasteiger charge is 2.07. The normalized spacial score (nSPS) is 11.0. The van der Waals surface area contributed by atoms with Gasteiger partial charge in [-0.2, -0.15) is 0 Å². The van der Waals surface area contributed by atoms with Crippen molar-refractivity contribution in [3.8, 4) is 11.6 Å². The summed E-state index contributed by atoms with van der Waals surface area (Å²) in [6.45, 7) is 6.84. The van der Waals surface area contributed by atoms with Crippen LogP contribution in [0.25, 0.3) is 0 Å². The molecule has 0 bridgehead atoms. The molecule has 1 N–H and O–H groups in total. The van der Waals surface area contributed by atoms with Gasteiger partial charge in [0.15, 0.2) is 0 Å². The Hall–Kier alpha value is -1.65. The molecule has 0 aliphatic carbocycles. The molecule has 0 amide bonds. The number of nitrogens with zero attached hydrogens (tertiary/aromatic N) is 1. The lowest BCUT2D eigenvalue weighted by molar-refractivity contribution is 0.453. The van der Waals surface area contributed by atoms with Crippen LogP contribution in [0.4, 0.5) is 4.39 Å². The first-order valence-electron chi connectivity index (χ1n) is 6.77. The largest absolute Gasteiger partial charge is 0.439 e. The van der Waals surface area contributed by atoms with Gasteiger partial charge >= 0.3 is 0 Å². The molecule has 21 heavy (non-hydrogen) atoms. The maximum absolute atomic E-state index is 13.4. The second kappa shape index (κ2) is 6.87. The Morgan fingerprint density at radius 2 is 2.10 bits per heavy atom. The van der Waals surface area contributed by atoms with Gasteiger partial charge in [0.2, 0.25) is 5.88 Å². The van der Waals surface area contributed by atoms with Crippen molar-refractivity contribution in [3.63, 3.8) is 0 Å². The van der Waals surface area contributed by atoms with Crippen molar-refractivity contribution >= 4 is 11.6 Å². The zero-order chi connectivity index (χ0) is 15.4. The summed E-state index contributed by atoms with van der Waals surface area (Å²) in [5.74, 6) is 0.329. The highest BCUT2D eigenvalue weighted by atomic mass is 35.5. The van der Waals surface area contributed by atoms with Crippen LogP contribution in [0, 0.1) is 12.7 Å². The van der Waals surface area contributed by atoms with Gasteiger partial charge in [0, 0.05) is 30.4 Å². The van der Waals surface area contributed by atoms with Crippen molar-refractivity contribution in [1.82, 2.24) is 10.3 Å². The summed E-state index contributed by atoms with van der Waals surface area (Å²) in [7, 11) is 0. The van der Waals surface area contributed by atoms with Crippen LogP contribution in [0.2, 0.25) is 5.02 Å². The standard InChI is InChI=1S/C16H18ClFN2O/c1-10(2)19-8-12-6-11(3)16(20-9-12)21-13-4-5-14(17)15(18)7-13/h4-7,9-10,19H,8H2,1-3H3. The van der Waals surface area contributed by atoms with Crippen LogP contribution in [0.5, 0.6) is 11.6 Å². The number of aromatic nitrogens is 1. The number of ether oxygens (including phenoxy) is 1. The van der Waals surface area contributed by atoms with Crippen LogP contribution in [0.1, 0.15) is 25.0 Å². The average molecular weight is 309 g/mol. The molecule has 0 aliphatic rings. The zero-order valence-electron chi connectivity index (χ0n) is 12.3. The molecule has 0 saturated heterocycles. The topological polar surface area (TPSA) is 34.2 Å². The molecule has 0 fully saturated rings. The minimum atomic E-state index is -0.510. The smallest absolute Gasteiger partial charge is 0.222 e. The predicted molar refractivity (Wildman–Crippen MR) is 82.4 cm³/mol. The van der Waals surface area contributed by atoms with E-state index in [4.69, 9.17) is 16.3 Å². The van der Waals surface area contributed by atoms with Crippen molar-refractivity contribution in [3.05, 3.63) is 52.4 Å². The van der Waals surface area contributed by atoms with E-state index in [1.165, 1.54) is 12.1 Å². The van der Waals surface area contributed by atoms with Gasteiger partial charge in [0.05, 0.1) is 5.02 Å². The maximum atomic E-state index is 13.4. The lowest BCUT2D eigenvalue weighted by Gasteiger charge is -2.11. The number of nitrogens with one attached hydrogen (secondary N) is 1. The average Bonchev–Trinajstić information content (AvgIpc) is 2.43. The molecule has 3 nitrogen and oxygen atoms in total. The van der Waals surface area contributed by atoms with E-state index in [2.05, 4.69) is 24.1 Å². The molecular weight excluding hydrogens is 291 g/mol. The number of pyridine rings is 1. The minimum Gasteiger partial charge on any atom is -0.439 e. The van der Waals surface area contributed by atoms with Crippen molar-refractivity contribution in [2.45, 2.75) is 33.4 Å². The van der Waals surface area contributed by atoms with Crippen LogP contribution in [-0.2, 0) is 6.54 Å². The van der Waals surface area contributed by atoms with Crippen molar-refractivity contribution < 1.29 is 9.13 Å². The Morgan fingerprint density at radius 1 is 1.33 bits per heavy atom. The van der Waals surface area contributed by atoms with Crippen LogP contribution in [0.15, 0.2) is 30.5 Å². The summed E-state index contributed by atoms with van der Waals surface area (Å²) >= 11 is 5.64. The highest BCUT2D eigenvalue weighted by molar-refractivity contribution is 6.30. The summed E-state index contributed by atoms with van der Waals surface area (Å²) in [4.78, 5) is 4.29. The molecule has 0 spiro atoms. The fraction of sp³-hybridized carbons (Fsp3) is 0.312. The Balaban J connectivity index is 2.11. The first kappa shape index (κ1) is 15.7. The molecule has 0 radical (unpaired) electrons. The van der Waals surface area contributed by atoms with Crippen molar-refractivity contribution in [1.29, 1.82) is 0 Å². The number of hydrogen-bond donors (Lipinski definition) is 1. The van der Waals surface area contributed by atoms with Gasteiger partial charge in [-0.25, -0.2) is 9.37 Å². The van der Waals surface area contributed by atoms with E-state index in [1.54, 1.807) is 12.3 Å². The molecule has 0 unspecified atom stereocenters. The summed E-state index contributed by atoms with van der Waals surface area (Å²) in [6, 6.07) is 6.74. The quantitative estimate of drug-likeness (QED) is 0.884. The van der Waals surface area contributed by atoms with E-state index in [9.17, 15) is 4.39 Å². The summed E-state index contributed by atoms with van der Waals surface area (Å²) in [5, 5.41) is 3.40. The van der Waals surface area contributed by atoms with Crippen LogP contribution in [-0.4, -0.2) is 11.0 Å². The lowest BCUT2D eigenvalue weighted by Crippen LogP contribution is -2.21. The molecule has 112 valence electrons. The van der Waals surface area contributed by atoms with Crippen molar-refractivity contribution in [2.75, 3.05) is 0 Å². The molecule has 0 saturated carbocycles. The molecule has 1 aromatic carbocycles. The van der Waals surface area contributed by atoms with E-state index < -0.39 is 5.82 Å². The summed E-state index contributed by atoms with van der Waals surface area (Å²) in [5.41, 5.74) is 1.98. The Labute approximate surface area is 129 Å². The predicted octanol–water partition coefficient (Wildman–Crippen LogP) is 4.47. The van der Waals surface area contributed by atoms with E-state index in [0.29, 0.717) is 17.7 Å². The van der Waals surface area contributed by atoms with E-state index >= 15 is 0 Å². The maximum Gasteiger partial charge on any atom is 0.222 e. The van der Waals surface area contributed by atoms with Gasteiger partial charge in [0.1, 0.15) is 11.6 Å². The molecule has 5 heteroatoms. The summed E-state index contributed by atoms with van der Waals surface area (Å²) < 4.78 is 19.0. The van der Waals surface area contributed by atoms with Gasteiger partial charge in [-0.05, 0) is 30.7 Å². The van der Waals surface area contributed by atoms with E-state index in [1.807, 2.05) is 13.0 Å². The van der Waals surface area contributed by atoms with E-state index in [0.717, 1.165) is 17.7 Å². The fourth-order valence-corrected chi connectivity index (χ4v) is 1.92. The molecule has 2 rings (SSSR count).